The number of carbonyl (C=O) groups excluding carboxylic acids is 1. The van der Waals surface area contributed by atoms with E-state index in [9.17, 15) is 26.4 Å². The van der Waals surface area contributed by atoms with Crippen LogP contribution < -0.4 is 10.0 Å². The van der Waals surface area contributed by atoms with Gasteiger partial charge in [0.2, 0.25) is 10.0 Å². The van der Waals surface area contributed by atoms with E-state index in [4.69, 9.17) is 0 Å². The first-order chi connectivity index (χ1) is 12.1. The molecule has 2 aromatic carbocycles. The van der Waals surface area contributed by atoms with Gasteiger partial charge in [-0.25, -0.2) is 13.1 Å². The molecule has 0 aliphatic heterocycles. The molecular formula is C16H15F3N2O3S2. The van der Waals surface area contributed by atoms with Gasteiger partial charge < -0.3 is 5.32 Å². The van der Waals surface area contributed by atoms with Gasteiger partial charge in [0, 0.05) is 11.4 Å². The van der Waals surface area contributed by atoms with Gasteiger partial charge in [0.1, 0.15) is 0 Å². The maximum absolute atomic E-state index is 12.6. The molecule has 1 amide bonds. The van der Waals surface area contributed by atoms with Crippen molar-refractivity contribution in [1.29, 1.82) is 0 Å². The van der Waals surface area contributed by atoms with Crippen LogP contribution in [0.25, 0.3) is 0 Å². The summed E-state index contributed by atoms with van der Waals surface area (Å²) in [7, 11) is -2.35. The van der Waals surface area contributed by atoms with Gasteiger partial charge in [0.05, 0.1) is 10.5 Å². The summed E-state index contributed by atoms with van der Waals surface area (Å²) in [5, 5.41) is 2.50. The number of hydrogen-bond acceptors (Lipinski definition) is 4. The number of benzene rings is 2. The fraction of sp³-hybridized carbons (Fsp3) is 0.188. The van der Waals surface area contributed by atoms with E-state index in [-0.39, 0.29) is 33.7 Å². The van der Waals surface area contributed by atoms with Crippen molar-refractivity contribution < 1.29 is 26.4 Å². The van der Waals surface area contributed by atoms with Crippen molar-refractivity contribution in [3.05, 3.63) is 59.7 Å². The van der Waals surface area contributed by atoms with Crippen LogP contribution in [0.3, 0.4) is 0 Å². The highest BCUT2D eigenvalue weighted by Gasteiger charge is 2.31. The number of carbonyl (C=O) groups is 1. The molecule has 10 heteroatoms. The summed E-state index contributed by atoms with van der Waals surface area (Å²) in [5.41, 5.74) is -4.11. The van der Waals surface area contributed by atoms with Crippen LogP contribution >= 0.6 is 11.8 Å². The van der Waals surface area contributed by atoms with Crippen LogP contribution in [-0.4, -0.2) is 26.9 Å². The molecule has 0 spiro atoms. The Balaban J connectivity index is 2.14. The van der Waals surface area contributed by atoms with E-state index >= 15 is 0 Å². The first kappa shape index (κ1) is 20.3. The Morgan fingerprint density at radius 3 is 2.46 bits per heavy atom. The summed E-state index contributed by atoms with van der Waals surface area (Å²) in [4.78, 5) is 12.1. The Bertz CT molecular complexity index is 900. The molecule has 140 valence electrons. The second kappa shape index (κ2) is 8.11. The zero-order valence-electron chi connectivity index (χ0n) is 13.5. The first-order valence-corrected chi connectivity index (χ1v) is 9.58. The Morgan fingerprint density at radius 2 is 1.81 bits per heavy atom. The van der Waals surface area contributed by atoms with Gasteiger partial charge in [-0.2, -0.15) is 13.2 Å². The average Bonchev–Trinajstić information content (AvgIpc) is 2.59. The maximum atomic E-state index is 12.6. The second-order valence-corrected chi connectivity index (χ2v) is 8.07. The van der Waals surface area contributed by atoms with E-state index in [1.54, 1.807) is 6.07 Å². The van der Waals surface area contributed by atoms with Gasteiger partial charge in [0.15, 0.2) is 0 Å². The van der Waals surface area contributed by atoms with Crippen LogP contribution in [0.15, 0.2) is 58.3 Å². The Morgan fingerprint density at radius 1 is 1.12 bits per heavy atom. The molecule has 0 fully saturated rings. The van der Waals surface area contributed by atoms with Gasteiger partial charge in [-0.1, -0.05) is 24.3 Å². The van der Waals surface area contributed by atoms with Crippen molar-refractivity contribution in [2.24, 2.45) is 0 Å². The van der Waals surface area contributed by atoms with E-state index in [1.165, 1.54) is 49.5 Å². The number of amides is 1. The molecule has 0 aliphatic rings. The molecular weight excluding hydrogens is 389 g/mol. The summed E-state index contributed by atoms with van der Waals surface area (Å²) in [5.74, 6) is -0.681. The zero-order chi connectivity index (χ0) is 19.4. The molecule has 2 rings (SSSR count). The van der Waals surface area contributed by atoms with Crippen LogP contribution in [0.1, 0.15) is 15.9 Å². The molecule has 0 saturated heterocycles. The number of halogens is 3. The molecule has 0 atom stereocenters. The molecule has 0 saturated carbocycles. The van der Waals surface area contributed by atoms with Crippen molar-refractivity contribution in [1.82, 2.24) is 10.0 Å². The van der Waals surface area contributed by atoms with Gasteiger partial charge in [0.25, 0.3) is 5.91 Å². The molecule has 2 aromatic rings. The first-order valence-electron chi connectivity index (χ1n) is 7.28. The number of hydrogen-bond donors (Lipinski definition) is 2. The summed E-state index contributed by atoms with van der Waals surface area (Å²) < 4.78 is 63.5. The van der Waals surface area contributed by atoms with E-state index in [1.807, 2.05) is 0 Å². The quantitative estimate of drug-likeness (QED) is 0.726. The number of thioether (sulfide) groups is 1. The van der Waals surface area contributed by atoms with Gasteiger partial charge in [-0.05, 0) is 48.6 Å². The molecule has 0 radical (unpaired) electrons. The minimum atomic E-state index is -4.51. The number of alkyl halides is 3. The van der Waals surface area contributed by atoms with Gasteiger partial charge in [-0.15, -0.1) is 0 Å². The van der Waals surface area contributed by atoms with E-state index < -0.39 is 21.4 Å². The van der Waals surface area contributed by atoms with Crippen molar-refractivity contribution in [2.75, 3.05) is 7.05 Å². The Labute approximate surface area is 153 Å². The van der Waals surface area contributed by atoms with E-state index in [0.29, 0.717) is 5.56 Å². The predicted octanol–water partition coefficient (Wildman–Crippen LogP) is 3.14. The lowest BCUT2D eigenvalue weighted by molar-refractivity contribution is -0.0328. The smallest absolute Gasteiger partial charge is 0.348 e. The van der Waals surface area contributed by atoms with Gasteiger partial charge in [-0.3, -0.25) is 4.79 Å². The molecule has 0 aromatic heterocycles. The van der Waals surface area contributed by atoms with Crippen LogP contribution in [0.5, 0.6) is 0 Å². The maximum Gasteiger partial charge on any atom is 0.446 e. The molecule has 0 unspecified atom stereocenters. The van der Waals surface area contributed by atoms with Crippen LogP contribution in [0, 0.1) is 0 Å². The lowest BCUT2D eigenvalue weighted by Crippen LogP contribution is -2.24. The highest BCUT2D eigenvalue weighted by Crippen LogP contribution is 2.38. The summed E-state index contributed by atoms with van der Waals surface area (Å²) in [6.07, 6.45) is 0. The van der Waals surface area contributed by atoms with Crippen molar-refractivity contribution >= 4 is 27.7 Å². The highest BCUT2D eigenvalue weighted by atomic mass is 32.2. The number of sulfonamides is 1. The average molecular weight is 404 g/mol. The predicted molar refractivity (Wildman–Crippen MR) is 92.2 cm³/mol. The summed E-state index contributed by atoms with van der Waals surface area (Å²) >= 11 is -0.362. The second-order valence-electron chi connectivity index (χ2n) is 5.08. The minimum absolute atomic E-state index is 0.0276. The SMILES string of the molecule is CNS(=O)(=O)c1cccc(CNC(=O)c2ccccc2SC(F)(F)F)c1. The Kier molecular flexibility index (Phi) is 6.32. The van der Waals surface area contributed by atoms with Gasteiger partial charge >= 0.3 is 5.51 Å². The zero-order valence-corrected chi connectivity index (χ0v) is 15.1. The summed E-state index contributed by atoms with van der Waals surface area (Å²) in [6, 6.07) is 11.3. The van der Waals surface area contributed by atoms with Crippen LogP contribution in [-0.2, 0) is 16.6 Å². The monoisotopic (exact) mass is 404 g/mol. The fourth-order valence-electron chi connectivity index (χ4n) is 2.09. The number of rotatable bonds is 6. The molecule has 0 bridgehead atoms. The van der Waals surface area contributed by atoms with Crippen LogP contribution in [0.4, 0.5) is 13.2 Å². The van der Waals surface area contributed by atoms with E-state index in [2.05, 4.69) is 10.0 Å². The minimum Gasteiger partial charge on any atom is -0.348 e. The molecule has 0 heterocycles. The summed E-state index contributed by atoms with van der Waals surface area (Å²) in [6.45, 7) is -0.0308. The van der Waals surface area contributed by atoms with Crippen molar-refractivity contribution in [3.8, 4) is 0 Å². The molecule has 0 aliphatic carbocycles. The largest absolute Gasteiger partial charge is 0.446 e. The third-order valence-corrected chi connectivity index (χ3v) is 5.51. The van der Waals surface area contributed by atoms with Crippen molar-refractivity contribution in [3.63, 3.8) is 0 Å². The third-order valence-electron chi connectivity index (χ3n) is 3.29. The highest BCUT2D eigenvalue weighted by molar-refractivity contribution is 8.00. The number of nitrogens with one attached hydrogen (secondary N) is 2. The normalized spacial score (nSPS) is 12.0. The van der Waals surface area contributed by atoms with Crippen molar-refractivity contribution in [2.45, 2.75) is 21.8 Å². The third kappa shape index (κ3) is 5.48. The lowest BCUT2D eigenvalue weighted by atomic mass is 10.2. The molecule has 2 N–H and O–H groups in total. The molecule has 26 heavy (non-hydrogen) atoms. The fourth-order valence-corrected chi connectivity index (χ4v) is 3.55. The topological polar surface area (TPSA) is 75.3 Å². The van der Waals surface area contributed by atoms with Crippen LogP contribution in [0.2, 0.25) is 0 Å². The molecule has 5 nitrogen and oxygen atoms in total. The Hall–Kier alpha value is -2.04. The lowest BCUT2D eigenvalue weighted by Gasteiger charge is -2.12. The van der Waals surface area contributed by atoms with E-state index in [0.717, 1.165) is 0 Å². The standard InChI is InChI=1S/C16H15F3N2O3S2/c1-20-26(23,24)12-6-4-5-11(9-12)10-21-15(22)13-7-2-3-8-14(13)25-16(17,18)19/h2-9,20H,10H2,1H3,(H,21,22).